The summed E-state index contributed by atoms with van der Waals surface area (Å²) in [5, 5.41) is 6.96. The van der Waals surface area contributed by atoms with E-state index in [1.807, 2.05) is 53.9 Å². The number of carbonyl (C=O) groups excluding carboxylic acids is 1. The molecule has 156 valence electrons. The molecule has 0 N–H and O–H groups in total. The number of anilines is 1. The highest BCUT2D eigenvalue weighted by atomic mass is 35.5. The maximum atomic E-state index is 13.5. The molecular weight excluding hydrogens is 464 g/mol. The fourth-order valence-corrected chi connectivity index (χ4v) is 5.60. The topological polar surface area (TPSA) is 67.6 Å². The summed E-state index contributed by atoms with van der Waals surface area (Å²) in [7, 11) is 0. The van der Waals surface area contributed by atoms with Gasteiger partial charge in [-0.1, -0.05) is 59.3 Å². The van der Waals surface area contributed by atoms with Crippen LogP contribution in [0.1, 0.15) is 11.1 Å². The van der Waals surface area contributed by atoms with Crippen molar-refractivity contribution < 1.29 is 4.79 Å². The Hall–Kier alpha value is -3.33. The van der Waals surface area contributed by atoms with Crippen LogP contribution in [0.2, 0.25) is 5.02 Å². The first-order valence-electron chi connectivity index (χ1n) is 9.73. The fourth-order valence-electron chi connectivity index (χ4n) is 3.82. The first kappa shape index (κ1) is 19.4. The first-order valence-corrected chi connectivity index (χ1v) is 11.8. The van der Waals surface area contributed by atoms with Crippen LogP contribution >= 0.6 is 34.3 Å². The highest BCUT2D eigenvalue weighted by Crippen LogP contribution is 2.36. The molecule has 1 amide bonds. The van der Waals surface area contributed by atoms with Crippen LogP contribution in [0.15, 0.2) is 70.8 Å². The molecular formula is C23H13ClN4O2S2. The van der Waals surface area contributed by atoms with Crippen LogP contribution in [0.5, 0.6) is 0 Å². The number of hydrogen-bond acceptors (Lipinski definition) is 6. The first-order chi connectivity index (χ1) is 15.6. The molecule has 1 aliphatic heterocycles. The number of aromatic nitrogens is 3. The number of amides is 1. The summed E-state index contributed by atoms with van der Waals surface area (Å²) in [5.41, 5.74) is 2.54. The van der Waals surface area contributed by atoms with Crippen molar-refractivity contribution in [2.24, 2.45) is 0 Å². The zero-order valence-corrected chi connectivity index (χ0v) is 18.7. The number of nitrogens with zero attached hydrogens (tertiary/aromatic N) is 4. The minimum Gasteiger partial charge on any atom is -0.303 e. The summed E-state index contributed by atoms with van der Waals surface area (Å²) in [6.07, 6.45) is 0. The van der Waals surface area contributed by atoms with E-state index in [2.05, 4.69) is 10.1 Å². The lowest BCUT2D eigenvalue weighted by Gasteiger charge is -2.17. The number of hydrogen-bond donors (Lipinski definition) is 0. The molecule has 1 aliphatic rings. The van der Waals surface area contributed by atoms with Crippen LogP contribution in [0.25, 0.3) is 21.2 Å². The van der Waals surface area contributed by atoms with E-state index < -0.39 is 0 Å². The van der Waals surface area contributed by atoms with Crippen LogP contribution in [0.3, 0.4) is 0 Å². The van der Waals surface area contributed by atoms with Crippen molar-refractivity contribution in [3.63, 3.8) is 0 Å². The third-order valence-electron chi connectivity index (χ3n) is 5.30. The van der Waals surface area contributed by atoms with Gasteiger partial charge in [0, 0.05) is 10.6 Å². The molecule has 0 spiro atoms. The smallest absolute Gasteiger partial charge is 0.291 e. The minimum atomic E-state index is -0.327. The van der Waals surface area contributed by atoms with E-state index in [9.17, 15) is 9.59 Å². The Morgan fingerprint density at radius 2 is 1.78 bits per heavy atom. The third-order valence-corrected chi connectivity index (χ3v) is 7.45. The Balaban J connectivity index is 1.50. The average Bonchev–Trinajstić information content (AvgIpc) is 3.56. The number of halogens is 1. The molecule has 0 radical (unpaired) electrons. The predicted molar refractivity (Wildman–Crippen MR) is 127 cm³/mol. The molecule has 0 bridgehead atoms. The Kier molecular flexibility index (Phi) is 4.46. The van der Waals surface area contributed by atoms with E-state index >= 15 is 0 Å². The van der Waals surface area contributed by atoms with Crippen molar-refractivity contribution in [2.45, 2.75) is 6.54 Å². The van der Waals surface area contributed by atoms with Gasteiger partial charge in [0.2, 0.25) is 4.96 Å². The summed E-state index contributed by atoms with van der Waals surface area (Å²) in [6.45, 7) is 0.383. The molecule has 0 atom stereocenters. The standard InChI is InChI=1S/C23H13ClN4O2S2/c24-14-9-7-13(8-10-14)12-27-16-5-2-1-4-15(16)18(21(27)29)19-22(30)28-23(32-19)25-20(26-28)17-6-3-11-31-17/h1-11H,12H2. The number of thiophene rings is 1. The van der Waals surface area contributed by atoms with E-state index in [-0.39, 0.29) is 11.5 Å². The number of para-hydroxylation sites is 1. The van der Waals surface area contributed by atoms with Gasteiger partial charge in [-0.05, 0) is 35.2 Å². The maximum Gasteiger partial charge on any atom is 0.291 e. The van der Waals surface area contributed by atoms with Crippen molar-refractivity contribution in [1.29, 1.82) is 0 Å². The van der Waals surface area contributed by atoms with Crippen molar-refractivity contribution in [3.8, 4) is 10.7 Å². The van der Waals surface area contributed by atoms with Crippen LogP contribution in [0.4, 0.5) is 5.69 Å². The number of thiazole rings is 1. The normalized spacial score (nSPS) is 15.0. The fraction of sp³-hybridized carbons (Fsp3) is 0.0435. The molecule has 6 rings (SSSR count). The minimum absolute atomic E-state index is 0.207. The van der Waals surface area contributed by atoms with E-state index in [1.165, 1.54) is 27.2 Å². The molecule has 5 aromatic rings. The summed E-state index contributed by atoms with van der Waals surface area (Å²) in [4.78, 5) is 34.3. The second-order valence-electron chi connectivity index (χ2n) is 7.25. The summed E-state index contributed by atoms with van der Waals surface area (Å²) >= 11 is 8.71. The summed E-state index contributed by atoms with van der Waals surface area (Å²) in [6, 6.07) is 18.7. The number of benzene rings is 2. The zero-order valence-electron chi connectivity index (χ0n) is 16.4. The molecule has 0 fully saturated rings. The quantitative estimate of drug-likeness (QED) is 0.395. The maximum absolute atomic E-state index is 13.5. The van der Waals surface area contributed by atoms with E-state index in [4.69, 9.17) is 11.6 Å². The highest BCUT2D eigenvalue weighted by Gasteiger charge is 2.34. The highest BCUT2D eigenvalue weighted by molar-refractivity contribution is 7.15. The summed E-state index contributed by atoms with van der Waals surface area (Å²) < 4.78 is 1.65. The van der Waals surface area contributed by atoms with Gasteiger partial charge in [-0.2, -0.15) is 9.50 Å². The largest absolute Gasteiger partial charge is 0.303 e. The van der Waals surface area contributed by atoms with Crippen LogP contribution < -0.4 is 15.0 Å². The van der Waals surface area contributed by atoms with Gasteiger partial charge in [0.15, 0.2) is 5.82 Å². The van der Waals surface area contributed by atoms with E-state index in [0.29, 0.717) is 32.5 Å². The molecule has 9 heteroatoms. The molecule has 4 heterocycles. The van der Waals surface area contributed by atoms with Crippen LogP contribution in [-0.4, -0.2) is 20.5 Å². The van der Waals surface area contributed by atoms with Gasteiger partial charge in [0.25, 0.3) is 11.5 Å². The molecule has 3 aromatic heterocycles. The van der Waals surface area contributed by atoms with E-state index in [1.54, 1.807) is 17.0 Å². The second kappa shape index (κ2) is 7.37. The van der Waals surface area contributed by atoms with Crippen molar-refractivity contribution in [1.82, 2.24) is 14.6 Å². The average molecular weight is 477 g/mol. The number of fused-ring (bicyclic) bond motifs is 2. The Morgan fingerprint density at radius 1 is 0.969 bits per heavy atom. The molecule has 0 unspecified atom stereocenters. The lowest BCUT2D eigenvalue weighted by atomic mass is 10.1. The second-order valence-corrected chi connectivity index (χ2v) is 9.61. The van der Waals surface area contributed by atoms with Gasteiger partial charge < -0.3 is 4.90 Å². The third kappa shape index (κ3) is 2.99. The van der Waals surface area contributed by atoms with Gasteiger partial charge in [0.1, 0.15) is 4.53 Å². The van der Waals surface area contributed by atoms with Gasteiger partial charge in [0.05, 0.1) is 22.7 Å². The molecule has 0 saturated carbocycles. The Bertz CT molecular complexity index is 1600. The van der Waals surface area contributed by atoms with Crippen molar-refractivity contribution in [2.75, 3.05) is 4.90 Å². The predicted octanol–water partition coefficient (Wildman–Crippen LogP) is 4.00. The van der Waals surface area contributed by atoms with Gasteiger partial charge in [-0.3, -0.25) is 9.59 Å². The zero-order chi connectivity index (χ0) is 21.8. The van der Waals surface area contributed by atoms with Gasteiger partial charge >= 0.3 is 0 Å². The van der Waals surface area contributed by atoms with Crippen molar-refractivity contribution in [3.05, 3.63) is 97.1 Å². The van der Waals surface area contributed by atoms with Crippen LogP contribution in [0, 0.1) is 0 Å². The Labute approximate surface area is 194 Å². The van der Waals surface area contributed by atoms with E-state index in [0.717, 1.165) is 21.7 Å². The van der Waals surface area contributed by atoms with Gasteiger partial charge in [-0.25, -0.2) is 0 Å². The number of carbonyl (C=O) groups is 1. The molecule has 32 heavy (non-hydrogen) atoms. The summed E-state index contributed by atoms with van der Waals surface area (Å²) in [5.74, 6) is 0.309. The molecule has 6 nitrogen and oxygen atoms in total. The van der Waals surface area contributed by atoms with Gasteiger partial charge in [-0.15, -0.1) is 16.4 Å². The van der Waals surface area contributed by atoms with Crippen LogP contribution in [-0.2, 0) is 11.3 Å². The lowest BCUT2D eigenvalue weighted by Crippen LogP contribution is -2.32. The molecule has 2 aromatic carbocycles. The lowest BCUT2D eigenvalue weighted by molar-refractivity contribution is -0.113. The SMILES string of the molecule is O=C1C(=c2sc3nc(-c4cccs4)nn3c2=O)c2ccccc2N1Cc1ccc(Cl)cc1. The number of rotatable bonds is 3. The Morgan fingerprint density at radius 3 is 2.53 bits per heavy atom. The molecule has 0 aliphatic carbocycles. The monoisotopic (exact) mass is 476 g/mol. The van der Waals surface area contributed by atoms with Crippen molar-refractivity contribution >= 4 is 56.4 Å². The molecule has 0 saturated heterocycles.